The van der Waals surface area contributed by atoms with E-state index in [1.54, 1.807) is 26.1 Å². The molecule has 6 nitrogen and oxygen atoms in total. The van der Waals surface area contributed by atoms with Gasteiger partial charge >= 0.3 is 0 Å². The van der Waals surface area contributed by atoms with Gasteiger partial charge in [0.1, 0.15) is 5.75 Å². The van der Waals surface area contributed by atoms with Crippen LogP contribution >= 0.6 is 11.6 Å². The van der Waals surface area contributed by atoms with Crippen LogP contribution in [0.15, 0.2) is 23.2 Å². The number of hydrogen-bond donors (Lipinski definition) is 2. The highest BCUT2D eigenvalue weighted by molar-refractivity contribution is 6.32. The zero-order valence-corrected chi connectivity index (χ0v) is 15.6. The Balaban J connectivity index is 2.71. The van der Waals surface area contributed by atoms with Crippen LogP contribution in [0.5, 0.6) is 5.75 Å². The standard InChI is InChI=1S/C17H27ClN4O2/c1-5-6-9-19-17(21-12-16(23)22(2)3)20-11-13-7-8-15(24-4)14(18)10-13/h7-8,10H,5-6,9,11-12H2,1-4H3,(H2,19,20,21). The lowest BCUT2D eigenvalue weighted by Gasteiger charge is -2.15. The molecule has 24 heavy (non-hydrogen) atoms. The molecule has 0 bridgehead atoms. The van der Waals surface area contributed by atoms with Crippen molar-refractivity contribution in [1.82, 2.24) is 15.5 Å². The van der Waals surface area contributed by atoms with E-state index in [2.05, 4.69) is 22.5 Å². The molecule has 0 saturated carbocycles. The molecule has 0 saturated heterocycles. The van der Waals surface area contributed by atoms with Gasteiger partial charge in [0.25, 0.3) is 0 Å². The second kappa shape index (κ2) is 10.8. The lowest BCUT2D eigenvalue weighted by atomic mass is 10.2. The number of amides is 1. The summed E-state index contributed by atoms with van der Waals surface area (Å²) in [7, 11) is 5.04. The number of guanidine groups is 1. The average Bonchev–Trinajstić information content (AvgIpc) is 2.56. The van der Waals surface area contributed by atoms with E-state index >= 15 is 0 Å². The van der Waals surface area contributed by atoms with Gasteiger partial charge in [-0.2, -0.15) is 0 Å². The second-order valence-corrected chi connectivity index (χ2v) is 5.96. The van der Waals surface area contributed by atoms with E-state index in [1.165, 1.54) is 0 Å². The minimum absolute atomic E-state index is 0.00696. The Kier molecular flexibility index (Phi) is 9.01. The minimum Gasteiger partial charge on any atom is -0.495 e. The van der Waals surface area contributed by atoms with Crippen LogP contribution in [0.3, 0.4) is 0 Å². The quantitative estimate of drug-likeness (QED) is 0.427. The summed E-state index contributed by atoms with van der Waals surface area (Å²) in [6.45, 7) is 3.60. The highest BCUT2D eigenvalue weighted by Gasteiger charge is 2.06. The van der Waals surface area contributed by atoms with Crippen molar-refractivity contribution >= 4 is 23.5 Å². The van der Waals surface area contributed by atoms with E-state index < -0.39 is 0 Å². The molecule has 1 amide bonds. The molecule has 0 atom stereocenters. The van der Waals surface area contributed by atoms with Crippen molar-refractivity contribution < 1.29 is 9.53 Å². The van der Waals surface area contributed by atoms with Crippen molar-refractivity contribution in [2.75, 3.05) is 34.3 Å². The Morgan fingerprint density at radius 2 is 2.08 bits per heavy atom. The molecule has 0 heterocycles. The Hall–Kier alpha value is -1.95. The largest absolute Gasteiger partial charge is 0.495 e. The number of carbonyl (C=O) groups is 1. The van der Waals surface area contributed by atoms with E-state index in [-0.39, 0.29) is 12.5 Å². The van der Waals surface area contributed by atoms with Gasteiger partial charge in [-0.3, -0.25) is 4.79 Å². The second-order valence-electron chi connectivity index (χ2n) is 5.56. The lowest BCUT2D eigenvalue weighted by Crippen LogP contribution is -2.43. The molecule has 0 aliphatic heterocycles. The summed E-state index contributed by atoms with van der Waals surface area (Å²) in [5, 5.41) is 6.85. The molecule has 2 N–H and O–H groups in total. The van der Waals surface area contributed by atoms with Crippen molar-refractivity contribution in [3.63, 3.8) is 0 Å². The van der Waals surface area contributed by atoms with Crippen molar-refractivity contribution in [1.29, 1.82) is 0 Å². The van der Waals surface area contributed by atoms with Crippen molar-refractivity contribution in [2.24, 2.45) is 4.99 Å². The van der Waals surface area contributed by atoms with E-state index in [4.69, 9.17) is 16.3 Å². The summed E-state index contributed by atoms with van der Waals surface area (Å²) in [4.78, 5) is 17.8. The maximum atomic E-state index is 11.7. The molecule has 0 radical (unpaired) electrons. The van der Waals surface area contributed by atoms with Gasteiger partial charge < -0.3 is 20.3 Å². The first-order valence-electron chi connectivity index (χ1n) is 8.02. The molecule has 1 aromatic carbocycles. The molecule has 134 valence electrons. The Morgan fingerprint density at radius 1 is 1.33 bits per heavy atom. The Morgan fingerprint density at radius 3 is 2.67 bits per heavy atom. The van der Waals surface area contributed by atoms with Gasteiger partial charge in [-0.05, 0) is 24.1 Å². The number of aliphatic imine (C=N–C) groups is 1. The number of halogens is 1. The molecule has 0 aliphatic rings. The summed E-state index contributed by atoms with van der Waals surface area (Å²) in [5.41, 5.74) is 0.969. The summed E-state index contributed by atoms with van der Waals surface area (Å²) in [5.74, 6) is 1.25. The van der Waals surface area contributed by atoms with Crippen molar-refractivity contribution in [2.45, 2.75) is 26.3 Å². The lowest BCUT2D eigenvalue weighted by molar-refractivity contribution is -0.127. The van der Waals surface area contributed by atoms with Crippen molar-refractivity contribution in [3.05, 3.63) is 28.8 Å². The third kappa shape index (κ3) is 7.08. The first-order chi connectivity index (χ1) is 11.5. The molecule has 0 unspecified atom stereocenters. The molecule has 0 aromatic heterocycles. The van der Waals surface area contributed by atoms with E-state index in [0.29, 0.717) is 23.3 Å². The molecular formula is C17H27ClN4O2. The average molecular weight is 355 g/mol. The summed E-state index contributed by atoms with van der Waals surface area (Å²) >= 11 is 6.13. The Labute approximate surface area is 149 Å². The van der Waals surface area contributed by atoms with Gasteiger partial charge in [0.05, 0.1) is 25.2 Å². The Bertz CT molecular complexity index is 562. The molecule has 7 heteroatoms. The number of ether oxygens (including phenoxy) is 1. The maximum absolute atomic E-state index is 11.7. The van der Waals surface area contributed by atoms with Gasteiger partial charge in [-0.1, -0.05) is 31.0 Å². The SMILES string of the molecule is CCCCNC(=NCc1ccc(OC)c(Cl)c1)NCC(=O)N(C)C. The normalized spacial score (nSPS) is 11.1. The zero-order chi connectivity index (χ0) is 17.9. The van der Waals surface area contributed by atoms with E-state index in [1.807, 2.05) is 18.2 Å². The summed E-state index contributed by atoms with van der Waals surface area (Å²) < 4.78 is 5.14. The third-order valence-electron chi connectivity index (χ3n) is 3.36. The topological polar surface area (TPSA) is 66.0 Å². The smallest absolute Gasteiger partial charge is 0.241 e. The molecule has 1 rings (SSSR count). The van der Waals surface area contributed by atoms with Gasteiger partial charge in [-0.15, -0.1) is 0 Å². The van der Waals surface area contributed by atoms with Crippen LogP contribution in [0.4, 0.5) is 0 Å². The van der Waals surface area contributed by atoms with Crippen LogP contribution in [0, 0.1) is 0 Å². The van der Waals surface area contributed by atoms with Crippen LogP contribution in [-0.2, 0) is 11.3 Å². The highest BCUT2D eigenvalue weighted by Crippen LogP contribution is 2.25. The van der Waals surface area contributed by atoms with Crippen LogP contribution in [-0.4, -0.2) is 51.1 Å². The van der Waals surface area contributed by atoms with Crippen LogP contribution in [0.25, 0.3) is 0 Å². The number of hydrogen-bond acceptors (Lipinski definition) is 3. The maximum Gasteiger partial charge on any atom is 0.241 e. The number of nitrogens with one attached hydrogen (secondary N) is 2. The van der Waals surface area contributed by atoms with Gasteiger partial charge in [0.15, 0.2) is 5.96 Å². The number of rotatable bonds is 8. The van der Waals surface area contributed by atoms with Crippen LogP contribution < -0.4 is 15.4 Å². The van der Waals surface area contributed by atoms with E-state index in [0.717, 1.165) is 24.9 Å². The summed E-state index contributed by atoms with van der Waals surface area (Å²) in [6.07, 6.45) is 2.13. The number of methoxy groups -OCH3 is 1. The van der Waals surface area contributed by atoms with E-state index in [9.17, 15) is 4.79 Å². The molecule has 0 aliphatic carbocycles. The first-order valence-corrected chi connectivity index (χ1v) is 8.40. The number of likely N-dealkylation sites (N-methyl/N-ethyl adjacent to an activating group) is 1. The molecular weight excluding hydrogens is 328 g/mol. The fourth-order valence-corrected chi connectivity index (χ4v) is 2.13. The van der Waals surface area contributed by atoms with Gasteiger partial charge in [0.2, 0.25) is 5.91 Å². The molecule has 1 aromatic rings. The number of unbranched alkanes of at least 4 members (excludes halogenated alkanes) is 1. The molecule has 0 spiro atoms. The predicted octanol–water partition coefficient (Wildman–Crippen LogP) is 2.27. The monoisotopic (exact) mass is 354 g/mol. The van der Waals surface area contributed by atoms with Gasteiger partial charge in [0, 0.05) is 20.6 Å². The fourth-order valence-electron chi connectivity index (χ4n) is 1.85. The predicted molar refractivity (Wildman–Crippen MR) is 98.8 cm³/mol. The number of benzene rings is 1. The van der Waals surface area contributed by atoms with Crippen molar-refractivity contribution in [3.8, 4) is 5.75 Å². The third-order valence-corrected chi connectivity index (χ3v) is 3.66. The minimum atomic E-state index is -0.00696. The number of nitrogens with zero attached hydrogens (tertiary/aromatic N) is 2. The van der Waals surface area contributed by atoms with Crippen LogP contribution in [0.2, 0.25) is 5.02 Å². The number of carbonyl (C=O) groups excluding carboxylic acids is 1. The van der Waals surface area contributed by atoms with Gasteiger partial charge in [-0.25, -0.2) is 4.99 Å². The van der Waals surface area contributed by atoms with Crippen LogP contribution in [0.1, 0.15) is 25.3 Å². The highest BCUT2D eigenvalue weighted by atomic mass is 35.5. The zero-order valence-electron chi connectivity index (χ0n) is 14.9. The first kappa shape index (κ1) is 20.1. The fraction of sp³-hybridized carbons (Fsp3) is 0.529. The molecule has 0 fully saturated rings. The summed E-state index contributed by atoms with van der Waals surface area (Å²) in [6, 6.07) is 5.57.